The Morgan fingerprint density at radius 2 is 1.61 bits per heavy atom. The van der Waals surface area contributed by atoms with Crippen molar-refractivity contribution in [3.8, 4) is 0 Å². The smallest absolute Gasteiger partial charge is 0.0599 e. The summed E-state index contributed by atoms with van der Waals surface area (Å²) >= 11 is 0. The minimum absolute atomic E-state index is 0.902. The van der Waals surface area contributed by atoms with E-state index in [9.17, 15) is 0 Å². The van der Waals surface area contributed by atoms with Gasteiger partial charge in [-0.1, -0.05) is 51.7 Å². The van der Waals surface area contributed by atoms with E-state index >= 15 is 0 Å². The highest BCUT2D eigenvalue weighted by atomic mass is 15.1. The van der Waals surface area contributed by atoms with Crippen molar-refractivity contribution in [2.75, 3.05) is 23.7 Å². The average molecular weight is 248 g/mol. The van der Waals surface area contributed by atoms with Crippen LogP contribution < -0.4 is 10.6 Å². The molecule has 0 aliphatic carbocycles. The summed E-state index contributed by atoms with van der Waals surface area (Å²) in [6.07, 6.45) is 7.81. The number of nitrogens with zero attached hydrogens (tertiary/aromatic N) is 1. The molecule has 0 fully saturated rings. The zero-order valence-corrected chi connectivity index (χ0v) is 12.0. The van der Waals surface area contributed by atoms with E-state index in [1.807, 2.05) is 12.1 Å². The molecule has 0 heterocycles. The molecule has 2 nitrogen and oxygen atoms in total. The predicted molar refractivity (Wildman–Crippen MR) is 82.1 cm³/mol. The Bertz CT molecular complexity index is 323. The predicted octanol–water partition coefficient (Wildman–Crippen LogP) is 4.46. The first kappa shape index (κ1) is 14.9. The number of hydrogen-bond acceptors (Lipinski definition) is 2. The lowest BCUT2D eigenvalue weighted by atomic mass is 10.1. The van der Waals surface area contributed by atoms with Crippen molar-refractivity contribution in [1.82, 2.24) is 0 Å². The number of nitrogens with two attached hydrogens (primary N) is 1. The van der Waals surface area contributed by atoms with Gasteiger partial charge in [-0.15, -0.1) is 0 Å². The van der Waals surface area contributed by atoms with Gasteiger partial charge in [0, 0.05) is 13.1 Å². The number of anilines is 2. The molecule has 2 heteroatoms. The van der Waals surface area contributed by atoms with Crippen LogP contribution in [0.5, 0.6) is 0 Å². The van der Waals surface area contributed by atoms with Gasteiger partial charge in [-0.05, 0) is 25.0 Å². The fourth-order valence-corrected chi connectivity index (χ4v) is 2.30. The van der Waals surface area contributed by atoms with Gasteiger partial charge in [0.1, 0.15) is 0 Å². The van der Waals surface area contributed by atoms with Gasteiger partial charge in [0.2, 0.25) is 0 Å². The second-order valence-corrected chi connectivity index (χ2v) is 4.96. The molecule has 0 saturated heterocycles. The average Bonchev–Trinajstić information content (AvgIpc) is 2.38. The number of rotatable bonds is 9. The minimum atomic E-state index is 0.902. The summed E-state index contributed by atoms with van der Waals surface area (Å²) in [7, 11) is 0. The van der Waals surface area contributed by atoms with Crippen molar-refractivity contribution >= 4 is 11.4 Å². The molecule has 102 valence electrons. The van der Waals surface area contributed by atoms with Gasteiger partial charge < -0.3 is 10.6 Å². The van der Waals surface area contributed by atoms with Gasteiger partial charge in [0.25, 0.3) is 0 Å². The Labute approximate surface area is 112 Å². The van der Waals surface area contributed by atoms with E-state index in [0.29, 0.717) is 0 Å². The van der Waals surface area contributed by atoms with Crippen LogP contribution in [0.3, 0.4) is 0 Å². The second kappa shape index (κ2) is 8.84. The molecular formula is C16H28N2. The molecule has 1 aromatic carbocycles. The summed E-state index contributed by atoms with van der Waals surface area (Å²) in [5, 5.41) is 0. The van der Waals surface area contributed by atoms with Crippen LogP contribution in [-0.4, -0.2) is 13.1 Å². The molecule has 0 saturated carbocycles. The first-order valence-corrected chi connectivity index (χ1v) is 7.39. The van der Waals surface area contributed by atoms with E-state index in [4.69, 9.17) is 5.73 Å². The fraction of sp³-hybridized carbons (Fsp3) is 0.625. The maximum absolute atomic E-state index is 6.06. The zero-order valence-electron chi connectivity index (χ0n) is 12.0. The quantitative estimate of drug-likeness (QED) is 0.516. The largest absolute Gasteiger partial charge is 0.397 e. The molecule has 0 bridgehead atoms. The van der Waals surface area contributed by atoms with Crippen molar-refractivity contribution < 1.29 is 0 Å². The van der Waals surface area contributed by atoms with Gasteiger partial charge in [-0.2, -0.15) is 0 Å². The first-order chi connectivity index (χ1) is 8.79. The van der Waals surface area contributed by atoms with Crippen LogP contribution in [0.25, 0.3) is 0 Å². The van der Waals surface area contributed by atoms with Gasteiger partial charge in [-0.3, -0.25) is 0 Å². The normalized spacial score (nSPS) is 10.6. The van der Waals surface area contributed by atoms with Crippen LogP contribution in [0.2, 0.25) is 0 Å². The van der Waals surface area contributed by atoms with E-state index in [1.54, 1.807) is 0 Å². The Morgan fingerprint density at radius 1 is 0.889 bits per heavy atom. The third kappa shape index (κ3) is 4.99. The molecule has 0 unspecified atom stereocenters. The van der Waals surface area contributed by atoms with Crippen LogP contribution in [0.1, 0.15) is 52.4 Å². The van der Waals surface area contributed by atoms with Gasteiger partial charge in [0.05, 0.1) is 11.4 Å². The Hall–Kier alpha value is -1.18. The highest BCUT2D eigenvalue weighted by molar-refractivity contribution is 5.67. The number of nitrogen functional groups attached to an aromatic ring is 1. The molecule has 0 atom stereocenters. The number of hydrogen-bond donors (Lipinski definition) is 1. The van der Waals surface area contributed by atoms with Crippen LogP contribution in [-0.2, 0) is 0 Å². The molecule has 0 amide bonds. The van der Waals surface area contributed by atoms with E-state index < -0.39 is 0 Å². The van der Waals surface area contributed by atoms with E-state index in [-0.39, 0.29) is 0 Å². The highest BCUT2D eigenvalue weighted by Crippen LogP contribution is 2.23. The highest BCUT2D eigenvalue weighted by Gasteiger charge is 2.07. The molecule has 1 rings (SSSR count). The van der Waals surface area contributed by atoms with Crippen molar-refractivity contribution in [1.29, 1.82) is 0 Å². The molecular weight excluding hydrogens is 220 g/mol. The van der Waals surface area contributed by atoms with Crippen molar-refractivity contribution in [3.63, 3.8) is 0 Å². The molecule has 0 aromatic heterocycles. The zero-order chi connectivity index (χ0) is 13.2. The molecule has 0 aliphatic rings. The van der Waals surface area contributed by atoms with E-state index in [1.165, 1.54) is 44.2 Å². The maximum Gasteiger partial charge on any atom is 0.0599 e. The summed E-state index contributed by atoms with van der Waals surface area (Å²) in [4.78, 5) is 2.43. The Kier molecular flexibility index (Phi) is 7.31. The van der Waals surface area contributed by atoms with Crippen LogP contribution in [0.15, 0.2) is 24.3 Å². The SMILES string of the molecule is CCCCCCCN(CCC)c1ccccc1N. The lowest BCUT2D eigenvalue weighted by Gasteiger charge is -2.25. The maximum atomic E-state index is 6.06. The molecule has 2 N–H and O–H groups in total. The summed E-state index contributed by atoms with van der Waals surface area (Å²) in [5.41, 5.74) is 8.17. The molecule has 1 aromatic rings. The lowest BCUT2D eigenvalue weighted by molar-refractivity contribution is 0.616. The van der Waals surface area contributed by atoms with E-state index in [2.05, 4.69) is 30.9 Å². The lowest BCUT2D eigenvalue weighted by Crippen LogP contribution is -2.26. The Balaban J connectivity index is 2.47. The molecule has 0 radical (unpaired) electrons. The minimum Gasteiger partial charge on any atom is -0.397 e. The summed E-state index contributed by atoms with van der Waals surface area (Å²) in [6, 6.07) is 8.21. The van der Waals surface area contributed by atoms with Gasteiger partial charge >= 0.3 is 0 Å². The third-order valence-electron chi connectivity index (χ3n) is 3.30. The molecule has 0 spiro atoms. The van der Waals surface area contributed by atoms with Gasteiger partial charge in [-0.25, -0.2) is 0 Å². The molecule has 18 heavy (non-hydrogen) atoms. The first-order valence-electron chi connectivity index (χ1n) is 7.39. The van der Waals surface area contributed by atoms with Crippen molar-refractivity contribution in [2.24, 2.45) is 0 Å². The fourth-order valence-electron chi connectivity index (χ4n) is 2.30. The number of unbranched alkanes of at least 4 members (excludes halogenated alkanes) is 4. The monoisotopic (exact) mass is 248 g/mol. The van der Waals surface area contributed by atoms with Crippen LogP contribution in [0.4, 0.5) is 11.4 Å². The summed E-state index contributed by atoms with van der Waals surface area (Å²) in [5.74, 6) is 0. The van der Waals surface area contributed by atoms with Crippen LogP contribution >= 0.6 is 0 Å². The third-order valence-corrected chi connectivity index (χ3v) is 3.30. The van der Waals surface area contributed by atoms with Crippen LogP contribution in [0, 0.1) is 0 Å². The standard InChI is InChI=1S/C16H28N2/c1-3-5-6-7-10-14-18(13-4-2)16-12-9-8-11-15(16)17/h8-9,11-12H,3-7,10,13-14,17H2,1-2H3. The van der Waals surface area contributed by atoms with Crippen molar-refractivity contribution in [3.05, 3.63) is 24.3 Å². The molecule has 0 aliphatic heterocycles. The van der Waals surface area contributed by atoms with Gasteiger partial charge in [0.15, 0.2) is 0 Å². The topological polar surface area (TPSA) is 29.3 Å². The number of para-hydroxylation sites is 2. The second-order valence-electron chi connectivity index (χ2n) is 4.96. The Morgan fingerprint density at radius 3 is 2.28 bits per heavy atom. The van der Waals surface area contributed by atoms with Crippen molar-refractivity contribution in [2.45, 2.75) is 52.4 Å². The van der Waals surface area contributed by atoms with E-state index in [0.717, 1.165) is 18.8 Å². The summed E-state index contributed by atoms with van der Waals surface area (Å²) < 4.78 is 0. The summed E-state index contributed by atoms with van der Waals surface area (Å²) in [6.45, 7) is 6.71. The number of benzene rings is 1.